The number of anilines is 1. The van der Waals surface area contributed by atoms with E-state index in [0.29, 0.717) is 60.5 Å². The first-order chi connectivity index (χ1) is 30.6. The first-order valence-electron chi connectivity index (χ1n) is 23.0. The van der Waals surface area contributed by atoms with Gasteiger partial charge in [0.05, 0.1) is 39.4 Å². The zero-order valence-corrected chi connectivity index (χ0v) is 37.3. The molecule has 1 unspecified atom stereocenters. The van der Waals surface area contributed by atoms with Crippen LogP contribution >= 0.6 is 0 Å². The second-order valence-electron chi connectivity index (χ2n) is 17.8. The quantitative estimate of drug-likeness (QED) is 0.0651. The molecular formula is C49H65N7O7. The second-order valence-corrected chi connectivity index (χ2v) is 17.8. The number of unbranched alkanes of at least 4 members (excludes halogenated alkanes) is 4. The maximum atomic E-state index is 13.0. The number of aryl methyl sites for hydroxylation is 1. The maximum absolute atomic E-state index is 13.0. The standard InChI is InChI=1S/C49H65N7O7/c1-54-32-42(40-31-51-53-48(40)49(54)61)36-26-45(62-2)41(46(27-36)63-3)30-50-29-39(58)25-33-16-23-56(24-17-33)47(60)9-7-5-4-6-8-20-55-21-18-35(19-22-55)34-10-12-37(13-11-34)52-43-15-14-38(57)28-44(43)59/h10-13,26-27,31-33,35,43,50,52H,4-9,14-25,28-30H2,1-3H3,(H,51,53). The molecule has 1 amide bonds. The van der Waals surface area contributed by atoms with E-state index in [0.717, 1.165) is 100 Å². The molecule has 63 heavy (non-hydrogen) atoms. The summed E-state index contributed by atoms with van der Waals surface area (Å²) < 4.78 is 13.0. The summed E-state index contributed by atoms with van der Waals surface area (Å²) in [6.07, 6.45) is 15.2. The van der Waals surface area contributed by atoms with Crippen LogP contribution in [0.5, 0.6) is 11.5 Å². The fourth-order valence-corrected chi connectivity index (χ4v) is 9.67. The lowest BCUT2D eigenvalue weighted by atomic mass is 9.89. The van der Waals surface area contributed by atoms with Crippen LogP contribution in [0, 0.1) is 5.92 Å². The van der Waals surface area contributed by atoms with Gasteiger partial charge < -0.3 is 34.5 Å². The smallest absolute Gasteiger partial charge is 0.276 e. The van der Waals surface area contributed by atoms with Gasteiger partial charge in [0.2, 0.25) is 5.91 Å². The lowest BCUT2D eigenvalue weighted by Crippen LogP contribution is -2.39. The lowest BCUT2D eigenvalue weighted by molar-refractivity contribution is -0.133. The Hall–Kier alpha value is -5.34. The zero-order chi connectivity index (χ0) is 44.3. The molecular weight excluding hydrogens is 799 g/mol. The molecule has 0 radical (unpaired) electrons. The Bertz CT molecular complexity index is 2240. The van der Waals surface area contributed by atoms with E-state index in [1.807, 2.05) is 17.0 Å². The second kappa shape index (κ2) is 21.8. The van der Waals surface area contributed by atoms with Gasteiger partial charge in [0.15, 0.2) is 5.78 Å². The fourth-order valence-electron chi connectivity index (χ4n) is 9.67. The zero-order valence-electron chi connectivity index (χ0n) is 37.3. The van der Waals surface area contributed by atoms with Gasteiger partial charge in [0.1, 0.15) is 28.6 Å². The van der Waals surface area contributed by atoms with E-state index in [4.69, 9.17) is 9.47 Å². The van der Waals surface area contributed by atoms with E-state index in [9.17, 15) is 24.0 Å². The third-order valence-corrected chi connectivity index (χ3v) is 13.5. The highest BCUT2D eigenvalue weighted by Gasteiger charge is 2.28. The van der Waals surface area contributed by atoms with Crippen LogP contribution < -0.4 is 25.7 Å². The molecule has 3 fully saturated rings. The molecule has 1 saturated carbocycles. The number of Topliss-reactive ketones (excluding diaryl/α,β-unsaturated/α-hetero) is 3. The molecule has 4 heterocycles. The predicted octanol–water partition coefficient (Wildman–Crippen LogP) is 6.56. The molecule has 1 aliphatic carbocycles. The van der Waals surface area contributed by atoms with Gasteiger partial charge in [-0.1, -0.05) is 31.4 Å². The summed E-state index contributed by atoms with van der Waals surface area (Å²) in [6.45, 7) is 5.42. The Morgan fingerprint density at radius 3 is 2.27 bits per heavy atom. The van der Waals surface area contributed by atoms with E-state index < -0.39 is 0 Å². The molecule has 14 nitrogen and oxygen atoms in total. The highest BCUT2D eigenvalue weighted by molar-refractivity contribution is 6.05. The number of amides is 1. The molecule has 3 N–H and O–H groups in total. The number of hydrogen-bond donors (Lipinski definition) is 3. The summed E-state index contributed by atoms with van der Waals surface area (Å²) in [7, 11) is 4.91. The van der Waals surface area contributed by atoms with Gasteiger partial charge in [-0.2, -0.15) is 5.10 Å². The topological polar surface area (TPSA) is 168 Å². The van der Waals surface area contributed by atoms with Crippen LogP contribution in [0.15, 0.2) is 53.6 Å². The van der Waals surface area contributed by atoms with Crippen molar-refractivity contribution >= 4 is 39.8 Å². The van der Waals surface area contributed by atoms with Crippen molar-refractivity contribution in [2.24, 2.45) is 13.0 Å². The molecule has 2 aromatic carbocycles. The van der Waals surface area contributed by atoms with E-state index in [-0.39, 0.29) is 53.7 Å². The van der Waals surface area contributed by atoms with Crippen LogP contribution in [0.4, 0.5) is 5.69 Å². The first-order valence-corrected chi connectivity index (χ1v) is 23.0. The number of carbonyl (C=O) groups excluding carboxylic acids is 4. The van der Waals surface area contributed by atoms with E-state index >= 15 is 0 Å². The normalized spacial score (nSPS) is 18.0. The molecule has 3 aliphatic rings. The Labute approximate surface area is 370 Å². The Morgan fingerprint density at radius 1 is 0.873 bits per heavy atom. The van der Waals surface area contributed by atoms with Gasteiger partial charge in [-0.3, -0.25) is 29.1 Å². The van der Waals surface area contributed by atoms with Gasteiger partial charge in [0.25, 0.3) is 5.56 Å². The average Bonchev–Trinajstić information content (AvgIpc) is 3.79. The largest absolute Gasteiger partial charge is 0.496 e. The summed E-state index contributed by atoms with van der Waals surface area (Å²) in [4.78, 5) is 66.9. The number of H-pyrrole nitrogens is 1. The monoisotopic (exact) mass is 863 g/mol. The summed E-state index contributed by atoms with van der Waals surface area (Å²) in [5, 5.41) is 14.2. The van der Waals surface area contributed by atoms with Crippen molar-refractivity contribution in [3.05, 3.63) is 70.3 Å². The van der Waals surface area contributed by atoms with Crippen LogP contribution in [-0.4, -0.2) is 107 Å². The van der Waals surface area contributed by atoms with Crippen molar-refractivity contribution in [1.82, 2.24) is 29.9 Å². The number of nitrogens with one attached hydrogen (secondary N) is 3. The Morgan fingerprint density at radius 2 is 1.57 bits per heavy atom. The van der Waals surface area contributed by atoms with Crippen LogP contribution in [-0.2, 0) is 32.8 Å². The minimum Gasteiger partial charge on any atom is -0.496 e. The van der Waals surface area contributed by atoms with Gasteiger partial charge in [-0.05, 0) is 112 Å². The van der Waals surface area contributed by atoms with Gasteiger partial charge in [0, 0.05) is 74.3 Å². The van der Waals surface area contributed by atoms with Crippen molar-refractivity contribution in [1.29, 1.82) is 0 Å². The molecule has 0 bridgehead atoms. The molecule has 1 atom stereocenters. The summed E-state index contributed by atoms with van der Waals surface area (Å²) in [5.41, 5.74) is 5.02. The number of piperidine rings is 2. The number of aromatic amines is 1. The molecule has 14 heteroatoms. The van der Waals surface area contributed by atoms with Crippen molar-refractivity contribution in [3.8, 4) is 22.6 Å². The number of nitrogens with zero attached hydrogens (tertiary/aromatic N) is 4. The minimum absolute atomic E-state index is 0.000657. The summed E-state index contributed by atoms with van der Waals surface area (Å²) >= 11 is 0. The molecule has 338 valence electrons. The molecule has 0 spiro atoms. The molecule has 2 saturated heterocycles. The number of carbonyl (C=O) groups is 4. The van der Waals surface area contributed by atoms with Gasteiger partial charge in [-0.25, -0.2) is 0 Å². The number of methoxy groups -OCH3 is 2. The third-order valence-electron chi connectivity index (χ3n) is 13.5. The van der Waals surface area contributed by atoms with Crippen molar-refractivity contribution in [2.45, 2.75) is 108 Å². The lowest BCUT2D eigenvalue weighted by Gasteiger charge is -2.32. The van der Waals surface area contributed by atoms with Crippen molar-refractivity contribution in [3.63, 3.8) is 0 Å². The SMILES string of the molecule is COc1cc(-c2cn(C)c(=O)c3[nH]ncc23)cc(OC)c1CNCC(=O)CC1CCN(C(=O)CCCCCCCN2CCC(c3ccc(NC4CCC(=O)CC4=O)cc3)CC2)CC1. The molecule has 7 rings (SSSR count). The minimum atomic E-state index is -0.255. The molecule has 4 aromatic rings. The van der Waals surface area contributed by atoms with Crippen LogP contribution in [0.25, 0.3) is 22.0 Å². The number of pyridine rings is 1. The number of aromatic nitrogens is 3. The van der Waals surface area contributed by atoms with E-state index in [1.165, 1.54) is 23.0 Å². The molecule has 2 aliphatic heterocycles. The van der Waals surface area contributed by atoms with E-state index in [1.54, 1.807) is 33.7 Å². The van der Waals surface area contributed by atoms with E-state index in [2.05, 4.69) is 50.0 Å². The molecule has 2 aromatic heterocycles. The van der Waals surface area contributed by atoms with Crippen molar-refractivity contribution < 1.29 is 28.7 Å². The number of ketones is 3. The summed E-state index contributed by atoms with van der Waals surface area (Å²) in [5.74, 6) is 2.51. The average molecular weight is 864 g/mol. The number of fused-ring (bicyclic) bond motifs is 1. The number of ether oxygens (including phenoxy) is 2. The number of hydrogen-bond acceptors (Lipinski definition) is 11. The third kappa shape index (κ3) is 11.8. The maximum Gasteiger partial charge on any atom is 0.276 e. The Kier molecular flexibility index (Phi) is 15.8. The fraction of sp³-hybridized carbons (Fsp3) is 0.551. The highest BCUT2D eigenvalue weighted by Crippen LogP contribution is 2.37. The van der Waals surface area contributed by atoms with Gasteiger partial charge >= 0.3 is 0 Å². The van der Waals surface area contributed by atoms with Crippen molar-refractivity contribution in [2.75, 3.05) is 58.8 Å². The number of likely N-dealkylation sites (tertiary alicyclic amines) is 2. The van der Waals surface area contributed by atoms with Crippen LogP contribution in [0.3, 0.4) is 0 Å². The predicted molar refractivity (Wildman–Crippen MR) is 244 cm³/mol. The van der Waals surface area contributed by atoms with Crippen LogP contribution in [0.1, 0.15) is 107 Å². The summed E-state index contributed by atoms with van der Waals surface area (Å²) in [6, 6.07) is 12.1. The van der Waals surface area contributed by atoms with Gasteiger partial charge in [-0.15, -0.1) is 0 Å². The van der Waals surface area contributed by atoms with Crippen LogP contribution in [0.2, 0.25) is 0 Å². The Balaban J connectivity index is 0.731. The number of rotatable bonds is 20. The number of benzene rings is 2. The highest BCUT2D eigenvalue weighted by atomic mass is 16.5. The first kappa shape index (κ1) is 45.7.